The first-order valence-corrected chi connectivity index (χ1v) is 7.50. The number of ketones is 1. The molecule has 0 radical (unpaired) electrons. The van der Waals surface area contributed by atoms with Crippen molar-refractivity contribution in [1.82, 2.24) is 0 Å². The molecule has 0 spiro atoms. The highest BCUT2D eigenvalue weighted by atomic mass is 35.5. The third-order valence-electron chi connectivity index (χ3n) is 2.80. The zero-order valence-electron chi connectivity index (χ0n) is 11.4. The van der Waals surface area contributed by atoms with Gasteiger partial charge in [0.15, 0.2) is 5.78 Å². The van der Waals surface area contributed by atoms with E-state index in [4.69, 9.17) is 16.3 Å². The number of ether oxygens (including phenoxy) is 1. The van der Waals surface area contributed by atoms with Crippen molar-refractivity contribution >= 4 is 40.3 Å². The zero-order valence-corrected chi connectivity index (χ0v) is 13.0. The van der Waals surface area contributed by atoms with Crippen LogP contribution in [0.15, 0.2) is 36.4 Å². The Hall–Kier alpha value is -1.85. The molecule has 1 aromatic carbocycles. The van der Waals surface area contributed by atoms with Crippen LogP contribution >= 0.6 is 22.9 Å². The fourth-order valence-corrected chi connectivity index (χ4v) is 2.72. The monoisotopic (exact) mass is 323 g/mol. The number of benzene rings is 1. The number of nitrogens with one attached hydrogen (secondary N) is 1. The van der Waals surface area contributed by atoms with Crippen molar-refractivity contribution in [2.24, 2.45) is 0 Å². The van der Waals surface area contributed by atoms with Gasteiger partial charge in [0.25, 0.3) is 0 Å². The number of carbonyl (C=O) groups is 2. The predicted molar refractivity (Wildman–Crippen MR) is 84.5 cm³/mol. The number of hydrogen-bond acceptors (Lipinski definition) is 4. The highest BCUT2D eigenvalue weighted by Crippen LogP contribution is 2.23. The average Bonchev–Trinajstić information content (AvgIpc) is 2.92. The fourth-order valence-electron chi connectivity index (χ4n) is 1.71. The smallest absolute Gasteiger partial charge is 0.224 e. The zero-order chi connectivity index (χ0) is 15.2. The van der Waals surface area contributed by atoms with E-state index in [-0.39, 0.29) is 24.5 Å². The van der Waals surface area contributed by atoms with Crippen LogP contribution in [0, 0.1) is 0 Å². The van der Waals surface area contributed by atoms with Gasteiger partial charge >= 0.3 is 0 Å². The van der Waals surface area contributed by atoms with Crippen LogP contribution in [0.2, 0.25) is 4.34 Å². The highest BCUT2D eigenvalue weighted by Gasteiger charge is 2.11. The molecule has 0 aliphatic heterocycles. The Morgan fingerprint density at radius 3 is 2.43 bits per heavy atom. The lowest BCUT2D eigenvalue weighted by atomic mass is 10.2. The lowest BCUT2D eigenvalue weighted by Crippen LogP contribution is -2.13. The lowest BCUT2D eigenvalue weighted by Gasteiger charge is -2.05. The molecule has 1 amide bonds. The van der Waals surface area contributed by atoms with Crippen molar-refractivity contribution in [3.63, 3.8) is 0 Å². The molecule has 1 heterocycles. The summed E-state index contributed by atoms with van der Waals surface area (Å²) in [7, 11) is 1.58. The minimum atomic E-state index is -0.198. The van der Waals surface area contributed by atoms with Gasteiger partial charge in [0.05, 0.1) is 16.3 Å². The minimum Gasteiger partial charge on any atom is -0.497 e. The molecule has 0 atom stereocenters. The summed E-state index contributed by atoms with van der Waals surface area (Å²) in [5.74, 6) is 0.450. The van der Waals surface area contributed by atoms with Crippen molar-refractivity contribution in [1.29, 1.82) is 0 Å². The molecule has 2 aromatic rings. The van der Waals surface area contributed by atoms with Gasteiger partial charge in [-0.2, -0.15) is 0 Å². The van der Waals surface area contributed by atoms with Gasteiger partial charge in [-0.05, 0) is 36.4 Å². The summed E-state index contributed by atoms with van der Waals surface area (Å²) >= 11 is 7.00. The molecular weight excluding hydrogens is 310 g/mol. The first-order valence-electron chi connectivity index (χ1n) is 6.31. The van der Waals surface area contributed by atoms with Crippen LogP contribution in [0.3, 0.4) is 0 Å². The predicted octanol–water partition coefficient (Wildman–Crippen LogP) is 4.01. The molecule has 0 aliphatic carbocycles. The summed E-state index contributed by atoms with van der Waals surface area (Å²) < 4.78 is 5.61. The fraction of sp³-hybridized carbons (Fsp3) is 0.200. The van der Waals surface area contributed by atoms with Crippen molar-refractivity contribution in [3.05, 3.63) is 45.6 Å². The van der Waals surface area contributed by atoms with Crippen LogP contribution in [0.25, 0.3) is 0 Å². The summed E-state index contributed by atoms with van der Waals surface area (Å²) in [5, 5.41) is 2.74. The Kier molecular flexibility index (Phi) is 5.36. The van der Waals surface area contributed by atoms with Crippen molar-refractivity contribution in [3.8, 4) is 5.75 Å². The summed E-state index contributed by atoms with van der Waals surface area (Å²) in [6.45, 7) is 0. The van der Waals surface area contributed by atoms with Crippen LogP contribution in [0.1, 0.15) is 22.5 Å². The van der Waals surface area contributed by atoms with Gasteiger partial charge in [-0.1, -0.05) is 11.6 Å². The lowest BCUT2D eigenvalue weighted by molar-refractivity contribution is -0.116. The Bertz CT molecular complexity index is 637. The van der Waals surface area contributed by atoms with Gasteiger partial charge in [-0.15, -0.1) is 11.3 Å². The van der Waals surface area contributed by atoms with Crippen molar-refractivity contribution in [2.75, 3.05) is 12.4 Å². The minimum absolute atomic E-state index is 0.0724. The number of anilines is 1. The number of carbonyl (C=O) groups excluding carboxylic acids is 2. The van der Waals surface area contributed by atoms with E-state index in [0.29, 0.717) is 14.9 Å². The standard InChI is InChI=1S/C15H14ClNO3S/c1-20-11-4-2-10(3-5-11)17-15(19)9-6-12(18)13-7-8-14(16)21-13/h2-5,7-8H,6,9H2,1H3,(H,17,19). The number of rotatable bonds is 6. The van der Waals surface area contributed by atoms with Gasteiger partial charge in [0.1, 0.15) is 5.75 Å². The first kappa shape index (κ1) is 15.5. The molecule has 0 aliphatic rings. The van der Waals surface area contributed by atoms with Gasteiger partial charge in [-0.25, -0.2) is 0 Å². The maximum Gasteiger partial charge on any atom is 0.224 e. The molecule has 21 heavy (non-hydrogen) atoms. The second-order valence-electron chi connectivity index (χ2n) is 4.30. The Balaban J connectivity index is 1.82. The molecule has 6 heteroatoms. The molecule has 0 saturated carbocycles. The van der Waals surface area contributed by atoms with Gasteiger partial charge in [0, 0.05) is 18.5 Å². The van der Waals surface area contributed by atoms with E-state index in [1.807, 2.05) is 0 Å². The Morgan fingerprint density at radius 1 is 1.14 bits per heavy atom. The number of amides is 1. The van der Waals surface area contributed by atoms with Crippen molar-refractivity contribution < 1.29 is 14.3 Å². The number of hydrogen-bond donors (Lipinski definition) is 1. The summed E-state index contributed by atoms with van der Waals surface area (Å²) in [5.41, 5.74) is 0.674. The summed E-state index contributed by atoms with van der Waals surface area (Å²) in [6.07, 6.45) is 0.305. The van der Waals surface area contributed by atoms with E-state index < -0.39 is 0 Å². The van der Waals surface area contributed by atoms with E-state index in [1.165, 1.54) is 11.3 Å². The van der Waals surface area contributed by atoms with Crippen LogP contribution in [0.4, 0.5) is 5.69 Å². The number of methoxy groups -OCH3 is 1. The normalized spacial score (nSPS) is 10.2. The second kappa shape index (κ2) is 7.24. The van der Waals surface area contributed by atoms with Gasteiger partial charge in [-0.3, -0.25) is 9.59 Å². The number of thiophene rings is 1. The average molecular weight is 324 g/mol. The molecule has 110 valence electrons. The third-order valence-corrected chi connectivity index (χ3v) is 4.07. The van der Waals surface area contributed by atoms with E-state index in [9.17, 15) is 9.59 Å². The largest absolute Gasteiger partial charge is 0.497 e. The van der Waals surface area contributed by atoms with E-state index in [1.54, 1.807) is 43.5 Å². The first-order chi connectivity index (χ1) is 10.1. The molecule has 1 N–H and O–H groups in total. The summed E-state index contributed by atoms with van der Waals surface area (Å²) in [4.78, 5) is 24.2. The van der Waals surface area contributed by atoms with Gasteiger partial charge in [0.2, 0.25) is 5.91 Å². The van der Waals surface area contributed by atoms with Crippen molar-refractivity contribution in [2.45, 2.75) is 12.8 Å². The second-order valence-corrected chi connectivity index (χ2v) is 6.02. The van der Waals surface area contributed by atoms with Gasteiger partial charge < -0.3 is 10.1 Å². The topological polar surface area (TPSA) is 55.4 Å². The Labute approximate surface area is 131 Å². The molecular formula is C15H14ClNO3S. The van der Waals surface area contributed by atoms with E-state index in [0.717, 1.165) is 5.75 Å². The maximum atomic E-state index is 11.9. The molecule has 0 unspecified atom stereocenters. The number of Topliss-reactive ketones (excluding diaryl/α,β-unsaturated/α-hetero) is 1. The molecule has 0 bridgehead atoms. The van der Waals surface area contributed by atoms with Crippen LogP contribution in [-0.2, 0) is 4.79 Å². The summed E-state index contributed by atoms with van der Waals surface area (Å²) in [6, 6.07) is 10.4. The van der Waals surface area contributed by atoms with Crippen LogP contribution < -0.4 is 10.1 Å². The number of halogens is 1. The van der Waals surface area contributed by atoms with Crippen LogP contribution in [-0.4, -0.2) is 18.8 Å². The van der Waals surface area contributed by atoms with Crippen LogP contribution in [0.5, 0.6) is 5.75 Å². The van der Waals surface area contributed by atoms with E-state index in [2.05, 4.69) is 5.32 Å². The molecule has 4 nitrogen and oxygen atoms in total. The third kappa shape index (κ3) is 4.58. The molecule has 1 aromatic heterocycles. The highest BCUT2D eigenvalue weighted by molar-refractivity contribution is 7.18. The SMILES string of the molecule is COc1ccc(NC(=O)CCC(=O)c2ccc(Cl)s2)cc1. The quantitative estimate of drug-likeness (QED) is 0.817. The van der Waals surface area contributed by atoms with E-state index >= 15 is 0 Å². The molecule has 2 rings (SSSR count). The molecule has 0 saturated heterocycles. The maximum absolute atomic E-state index is 11.9. The molecule has 0 fully saturated rings. The Morgan fingerprint density at radius 2 is 1.86 bits per heavy atom.